The van der Waals surface area contributed by atoms with Crippen LogP contribution in [0.5, 0.6) is 0 Å². The molecular formula is C15H14ClN3O4S. The monoisotopic (exact) mass is 367 g/mol. The first-order valence-corrected chi connectivity index (χ1v) is 9.41. The molecule has 126 valence electrons. The Balaban J connectivity index is 1.84. The molecule has 1 fully saturated rings. The fourth-order valence-electron chi connectivity index (χ4n) is 2.52. The molecule has 0 bridgehead atoms. The van der Waals surface area contributed by atoms with E-state index < -0.39 is 27.5 Å². The average Bonchev–Trinajstić information content (AvgIpc) is 2.86. The summed E-state index contributed by atoms with van der Waals surface area (Å²) < 4.78 is 22.9. The highest BCUT2D eigenvalue weighted by molar-refractivity contribution is 7.91. The minimum Gasteiger partial charge on any atom is -0.347 e. The van der Waals surface area contributed by atoms with Crippen LogP contribution in [0.25, 0.3) is 11.3 Å². The van der Waals surface area contributed by atoms with E-state index in [1.807, 2.05) is 0 Å². The highest BCUT2D eigenvalue weighted by Crippen LogP contribution is 2.19. The lowest BCUT2D eigenvalue weighted by Crippen LogP contribution is -2.37. The molecule has 0 spiro atoms. The number of aromatic nitrogens is 2. The third-order valence-electron chi connectivity index (χ3n) is 3.70. The molecule has 3 rings (SSSR count). The zero-order valence-electron chi connectivity index (χ0n) is 12.5. The van der Waals surface area contributed by atoms with E-state index in [0.29, 0.717) is 22.7 Å². The molecule has 1 saturated heterocycles. The van der Waals surface area contributed by atoms with Gasteiger partial charge in [0, 0.05) is 16.6 Å². The standard InChI is InChI=1S/C15H14ClN3O4S/c16-10-3-1-9(2-4-10)12-7-13(19-15(21)18-12)14(20)17-11-5-6-24(22,23)8-11/h1-4,7,11H,5-6,8H2,(H,17,20)(H,18,19,21). The zero-order valence-corrected chi connectivity index (χ0v) is 14.0. The summed E-state index contributed by atoms with van der Waals surface area (Å²) >= 11 is 5.83. The molecule has 1 aromatic heterocycles. The van der Waals surface area contributed by atoms with E-state index in [4.69, 9.17) is 11.6 Å². The van der Waals surface area contributed by atoms with Crippen molar-refractivity contribution in [3.05, 3.63) is 51.5 Å². The number of aromatic amines is 1. The minimum absolute atomic E-state index is 0.0317. The van der Waals surface area contributed by atoms with Gasteiger partial charge in [-0.3, -0.25) is 4.79 Å². The molecule has 0 aliphatic carbocycles. The minimum atomic E-state index is -3.10. The number of benzene rings is 1. The van der Waals surface area contributed by atoms with Gasteiger partial charge in [-0.25, -0.2) is 13.2 Å². The normalized spacial score (nSPS) is 19.1. The Morgan fingerprint density at radius 2 is 2.00 bits per heavy atom. The molecule has 1 aliphatic heterocycles. The fraction of sp³-hybridized carbons (Fsp3) is 0.267. The summed E-state index contributed by atoms with van der Waals surface area (Å²) in [7, 11) is -3.10. The molecule has 24 heavy (non-hydrogen) atoms. The van der Waals surface area contributed by atoms with Crippen molar-refractivity contribution < 1.29 is 13.2 Å². The van der Waals surface area contributed by atoms with Crippen LogP contribution in [0, 0.1) is 0 Å². The number of sulfone groups is 1. The van der Waals surface area contributed by atoms with Crippen molar-refractivity contribution in [1.82, 2.24) is 15.3 Å². The number of halogens is 1. The summed E-state index contributed by atoms with van der Waals surface area (Å²) in [5, 5.41) is 3.17. The van der Waals surface area contributed by atoms with Crippen LogP contribution in [0.2, 0.25) is 5.02 Å². The van der Waals surface area contributed by atoms with Crippen LogP contribution >= 0.6 is 11.6 Å². The number of rotatable bonds is 3. The maximum atomic E-state index is 12.3. The maximum Gasteiger partial charge on any atom is 0.346 e. The number of carbonyl (C=O) groups is 1. The van der Waals surface area contributed by atoms with Crippen LogP contribution < -0.4 is 11.0 Å². The molecule has 0 radical (unpaired) electrons. The number of nitrogens with one attached hydrogen (secondary N) is 2. The zero-order chi connectivity index (χ0) is 17.3. The Labute approximate surface area is 143 Å². The summed E-state index contributed by atoms with van der Waals surface area (Å²) in [5.41, 5.74) is 0.346. The number of H-pyrrole nitrogens is 1. The third-order valence-corrected chi connectivity index (χ3v) is 5.72. The van der Waals surface area contributed by atoms with E-state index >= 15 is 0 Å². The fourth-order valence-corrected chi connectivity index (χ4v) is 4.32. The lowest BCUT2D eigenvalue weighted by atomic mass is 10.1. The summed E-state index contributed by atoms with van der Waals surface area (Å²) in [6, 6.07) is 7.69. The van der Waals surface area contributed by atoms with Gasteiger partial charge in [0.05, 0.1) is 17.2 Å². The van der Waals surface area contributed by atoms with Gasteiger partial charge in [0.25, 0.3) is 5.91 Å². The van der Waals surface area contributed by atoms with Crippen LogP contribution in [0.4, 0.5) is 0 Å². The Bertz CT molecular complexity index is 938. The first kappa shape index (κ1) is 16.7. The second-order valence-corrected chi connectivity index (χ2v) is 8.23. The van der Waals surface area contributed by atoms with Gasteiger partial charge < -0.3 is 10.3 Å². The van der Waals surface area contributed by atoms with E-state index in [0.717, 1.165) is 0 Å². The SMILES string of the molecule is O=C(NC1CCS(=O)(=O)C1)c1cc(-c2ccc(Cl)cc2)nc(=O)[nH]1. The van der Waals surface area contributed by atoms with Crippen molar-refractivity contribution in [2.24, 2.45) is 0 Å². The van der Waals surface area contributed by atoms with E-state index in [9.17, 15) is 18.0 Å². The Hall–Kier alpha value is -2.19. The molecule has 1 aromatic carbocycles. The highest BCUT2D eigenvalue weighted by Gasteiger charge is 2.29. The van der Waals surface area contributed by atoms with Crippen LogP contribution in [0.1, 0.15) is 16.9 Å². The van der Waals surface area contributed by atoms with Crippen molar-refractivity contribution >= 4 is 27.3 Å². The van der Waals surface area contributed by atoms with E-state index in [1.54, 1.807) is 24.3 Å². The number of carbonyl (C=O) groups excluding carboxylic acids is 1. The lowest BCUT2D eigenvalue weighted by Gasteiger charge is -2.11. The largest absolute Gasteiger partial charge is 0.347 e. The van der Waals surface area contributed by atoms with Gasteiger partial charge in [0.2, 0.25) is 0 Å². The molecule has 1 aliphatic rings. The molecule has 1 amide bonds. The predicted octanol–water partition coefficient (Wildman–Crippen LogP) is 1.01. The van der Waals surface area contributed by atoms with E-state index in [-0.39, 0.29) is 17.2 Å². The topological polar surface area (TPSA) is 109 Å². The van der Waals surface area contributed by atoms with Crippen molar-refractivity contribution in [1.29, 1.82) is 0 Å². The van der Waals surface area contributed by atoms with Gasteiger partial charge in [-0.2, -0.15) is 4.98 Å². The second-order valence-electron chi connectivity index (χ2n) is 5.57. The van der Waals surface area contributed by atoms with Crippen molar-refractivity contribution in [2.75, 3.05) is 11.5 Å². The molecule has 1 unspecified atom stereocenters. The smallest absolute Gasteiger partial charge is 0.346 e. The molecule has 9 heteroatoms. The van der Waals surface area contributed by atoms with Crippen LogP contribution in [0.15, 0.2) is 35.1 Å². The Morgan fingerprint density at radius 1 is 1.29 bits per heavy atom. The lowest BCUT2D eigenvalue weighted by molar-refractivity contribution is 0.0935. The maximum absolute atomic E-state index is 12.3. The van der Waals surface area contributed by atoms with Crippen molar-refractivity contribution in [3.8, 4) is 11.3 Å². The number of hydrogen-bond acceptors (Lipinski definition) is 5. The summed E-state index contributed by atoms with van der Waals surface area (Å²) in [6.45, 7) is 0. The average molecular weight is 368 g/mol. The van der Waals surface area contributed by atoms with Gasteiger partial charge in [0.15, 0.2) is 9.84 Å². The quantitative estimate of drug-likeness (QED) is 0.841. The first-order valence-electron chi connectivity index (χ1n) is 7.21. The summed E-state index contributed by atoms with van der Waals surface area (Å²) in [6.07, 6.45) is 0.368. The molecule has 2 heterocycles. The van der Waals surface area contributed by atoms with Crippen LogP contribution in [-0.2, 0) is 9.84 Å². The predicted molar refractivity (Wildman–Crippen MR) is 89.8 cm³/mol. The number of amides is 1. The Morgan fingerprint density at radius 3 is 2.62 bits per heavy atom. The van der Waals surface area contributed by atoms with E-state index in [1.165, 1.54) is 6.07 Å². The molecule has 7 nitrogen and oxygen atoms in total. The summed E-state index contributed by atoms with van der Waals surface area (Å²) in [5.74, 6) is -0.564. The van der Waals surface area contributed by atoms with Crippen LogP contribution in [0.3, 0.4) is 0 Å². The second kappa shape index (κ2) is 6.37. The number of nitrogens with zero attached hydrogens (tertiary/aromatic N) is 1. The van der Waals surface area contributed by atoms with Gasteiger partial charge >= 0.3 is 5.69 Å². The molecular weight excluding hydrogens is 354 g/mol. The third kappa shape index (κ3) is 3.82. The van der Waals surface area contributed by atoms with Gasteiger partial charge in [0.1, 0.15) is 5.69 Å². The first-order chi connectivity index (χ1) is 11.3. The molecule has 0 saturated carbocycles. The Kier molecular flexibility index (Phi) is 4.42. The highest BCUT2D eigenvalue weighted by atomic mass is 35.5. The van der Waals surface area contributed by atoms with Gasteiger partial charge in [-0.05, 0) is 24.6 Å². The van der Waals surface area contributed by atoms with Crippen molar-refractivity contribution in [3.63, 3.8) is 0 Å². The van der Waals surface area contributed by atoms with Crippen molar-refractivity contribution in [2.45, 2.75) is 12.5 Å². The van der Waals surface area contributed by atoms with Gasteiger partial charge in [-0.1, -0.05) is 23.7 Å². The molecule has 2 aromatic rings. The molecule has 1 atom stereocenters. The number of hydrogen-bond donors (Lipinski definition) is 2. The van der Waals surface area contributed by atoms with Gasteiger partial charge in [-0.15, -0.1) is 0 Å². The summed E-state index contributed by atoms with van der Waals surface area (Å²) in [4.78, 5) is 30.2. The van der Waals surface area contributed by atoms with Crippen LogP contribution in [-0.4, -0.2) is 41.8 Å². The molecule has 2 N–H and O–H groups in total. The van der Waals surface area contributed by atoms with E-state index in [2.05, 4.69) is 15.3 Å².